The van der Waals surface area contributed by atoms with Crippen LogP contribution >= 0.6 is 11.3 Å². The van der Waals surface area contributed by atoms with Crippen LogP contribution in [-0.4, -0.2) is 14.8 Å². The van der Waals surface area contributed by atoms with E-state index in [0.717, 1.165) is 25.7 Å². The first-order valence-corrected chi connectivity index (χ1v) is 7.92. The highest BCUT2D eigenvalue weighted by Crippen LogP contribution is 2.38. The Balaban J connectivity index is 1.95. The van der Waals surface area contributed by atoms with E-state index < -0.39 is 0 Å². The topological polar surface area (TPSA) is 73.8 Å². The van der Waals surface area contributed by atoms with Crippen molar-refractivity contribution in [2.24, 2.45) is 0 Å². The molecule has 2 heterocycles. The van der Waals surface area contributed by atoms with Gasteiger partial charge in [-0.1, -0.05) is 11.3 Å². The van der Waals surface area contributed by atoms with E-state index in [1.165, 1.54) is 35.4 Å². The molecule has 1 fully saturated rings. The molecule has 0 saturated heterocycles. The maximum Gasteiger partial charge on any atom is 0.261 e. The summed E-state index contributed by atoms with van der Waals surface area (Å²) in [6.07, 6.45) is 6.71. The third-order valence-electron chi connectivity index (χ3n) is 4.12. The van der Waals surface area contributed by atoms with Gasteiger partial charge in [0, 0.05) is 11.7 Å². The first-order chi connectivity index (χ1) is 9.74. The van der Waals surface area contributed by atoms with E-state index in [-0.39, 0.29) is 5.56 Å². The zero-order chi connectivity index (χ0) is 13.7. The Morgan fingerprint density at radius 2 is 2.05 bits per heavy atom. The van der Waals surface area contributed by atoms with Crippen LogP contribution in [0.15, 0.2) is 10.9 Å². The molecule has 2 aromatic rings. The van der Waals surface area contributed by atoms with Crippen LogP contribution in [0.1, 0.15) is 43.0 Å². The molecule has 0 spiro atoms. The molecule has 2 aliphatic carbocycles. The van der Waals surface area contributed by atoms with Crippen LogP contribution in [0.5, 0.6) is 0 Å². The number of pyridine rings is 1. The Labute approximate surface area is 120 Å². The molecular weight excluding hydrogens is 272 g/mol. The molecule has 5 nitrogen and oxygen atoms in total. The van der Waals surface area contributed by atoms with E-state index in [0.29, 0.717) is 21.7 Å². The lowest BCUT2D eigenvalue weighted by Crippen LogP contribution is -2.27. The highest BCUT2D eigenvalue weighted by atomic mass is 32.1. The molecule has 6 heteroatoms. The number of nitrogens with zero attached hydrogens (tertiary/aromatic N) is 3. The maximum atomic E-state index is 12.8. The van der Waals surface area contributed by atoms with Crippen molar-refractivity contribution in [2.75, 3.05) is 5.73 Å². The Morgan fingerprint density at radius 3 is 2.75 bits per heavy atom. The Kier molecular flexibility index (Phi) is 2.66. The van der Waals surface area contributed by atoms with Crippen LogP contribution < -0.4 is 11.3 Å². The van der Waals surface area contributed by atoms with Crippen molar-refractivity contribution in [3.8, 4) is 10.6 Å². The number of anilines is 1. The zero-order valence-electron chi connectivity index (χ0n) is 11.1. The molecule has 20 heavy (non-hydrogen) atoms. The lowest BCUT2D eigenvalue weighted by atomic mass is 9.94. The number of nitrogens with two attached hydrogens (primary N) is 1. The Hall–Kier alpha value is -1.69. The molecule has 2 aliphatic rings. The molecule has 4 rings (SSSR count). The molecule has 0 radical (unpaired) electrons. The number of hydrogen-bond acceptors (Lipinski definition) is 5. The van der Waals surface area contributed by atoms with Gasteiger partial charge in [0.05, 0.1) is 5.56 Å². The van der Waals surface area contributed by atoms with E-state index in [1.807, 2.05) is 10.6 Å². The quantitative estimate of drug-likeness (QED) is 0.919. The van der Waals surface area contributed by atoms with Gasteiger partial charge in [-0.25, -0.2) is 0 Å². The van der Waals surface area contributed by atoms with Crippen molar-refractivity contribution in [1.29, 1.82) is 0 Å². The number of hydrogen-bond donors (Lipinski definition) is 1. The molecule has 0 amide bonds. The normalized spacial score (nSPS) is 18.0. The summed E-state index contributed by atoms with van der Waals surface area (Å²) in [6.45, 7) is 0. The van der Waals surface area contributed by atoms with Crippen LogP contribution in [0.4, 0.5) is 5.13 Å². The van der Waals surface area contributed by atoms with Crippen molar-refractivity contribution in [3.05, 3.63) is 27.7 Å². The molecule has 0 bridgehead atoms. The minimum atomic E-state index is 0.0873. The summed E-state index contributed by atoms with van der Waals surface area (Å²) in [4.78, 5) is 12.8. The van der Waals surface area contributed by atoms with E-state index in [1.54, 1.807) is 0 Å². The highest BCUT2D eigenvalue weighted by molar-refractivity contribution is 7.18. The lowest BCUT2D eigenvalue weighted by molar-refractivity contribution is 0.584. The number of fused-ring (bicyclic) bond motifs is 1. The first kappa shape index (κ1) is 12.1. The van der Waals surface area contributed by atoms with Crippen molar-refractivity contribution >= 4 is 16.5 Å². The van der Waals surface area contributed by atoms with Crippen molar-refractivity contribution in [3.63, 3.8) is 0 Å². The minimum Gasteiger partial charge on any atom is -0.374 e. The second-order valence-electron chi connectivity index (χ2n) is 5.59. The zero-order valence-corrected chi connectivity index (χ0v) is 11.9. The highest BCUT2D eigenvalue weighted by Gasteiger charge is 2.30. The summed E-state index contributed by atoms with van der Waals surface area (Å²) >= 11 is 1.29. The van der Waals surface area contributed by atoms with E-state index in [4.69, 9.17) is 5.73 Å². The Bertz CT molecular complexity index is 729. The predicted octanol–water partition coefficient (Wildman–Crippen LogP) is 2.16. The third-order valence-corrected chi connectivity index (χ3v) is 4.91. The second kappa shape index (κ2) is 4.41. The molecule has 0 atom stereocenters. The molecular formula is C14H16N4OS. The van der Waals surface area contributed by atoms with Crippen LogP contribution in [0.25, 0.3) is 10.6 Å². The molecule has 104 valence electrons. The fourth-order valence-electron chi connectivity index (χ4n) is 3.05. The van der Waals surface area contributed by atoms with Gasteiger partial charge in [0.1, 0.15) is 0 Å². The second-order valence-corrected chi connectivity index (χ2v) is 6.60. The van der Waals surface area contributed by atoms with Crippen LogP contribution in [0.2, 0.25) is 0 Å². The minimum absolute atomic E-state index is 0.0873. The number of aromatic nitrogens is 3. The molecule has 2 aromatic heterocycles. The SMILES string of the molecule is Nc1nnc(-c2cc3c(n(C4CC4)c2=O)CCCC3)s1. The van der Waals surface area contributed by atoms with Crippen molar-refractivity contribution in [1.82, 2.24) is 14.8 Å². The van der Waals surface area contributed by atoms with E-state index in [2.05, 4.69) is 10.2 Å². The summed E-state index contributed by atoms with van der Waals surface area (Å²) in [7, 11) is 0. The molecule has 0 unspecified atom stereocenters. The summed E-state index contributed by atoms with van der Waals surface area (Å²) in [5, 5.41) is 8.94. The summed E-state index contributed by atoms with van der Waals surface area (Å²) in [5.41, 5.74) is 8.98. The van der Waals surface area contributed by atoms with Crippen LogP contribution in [0, 0.1) is 0 Å². The number of rotatable bonds is 2. The van der Waals surface area contributed by atoms with Crippen LogP contribution in [-0.2, 0) is 12.8 Å². The molecule has 0 aliphatic heterocycles. The van der Waals surface area contributed by atoms with Gasteiger partial charge in [-0.15, -0.1) is 10.2 Å². The third kappa shape index (κ3) is 1.86. The van der Waals surface area contributed by atoms with E-state index >= 15 is 0 Å². The average Bonchev–Trinajstić information content (AvgIpc) is 3.19. The fourth-order valence-corrected chi connectivity index (χ4v) is 3.66. The fraction of sp³-hybridized carbons (Fsp3) is 0.500. The first-order valence-electron chi connectivity index (χ1n) is 7.10. The molecule has 1 saturated carbocycles. The number of aryl methyl sites for hydroxylation is 1. The van der Waals surface area contributed by atoms with Crippen molar-refractivity contribution in [2.45, 2.75) is 44.6 Å². The van der Waals surface area contributed by atoms with Gasteiger partial charge in [-0.05, 0) is 50.2 Å². The Morgan fingerprint density at radius 1 is 1.25 bits per heavy atom. The average molecular weight is 288 g/mol. The molecule has 2 N–H and O–H groups in total. The number of nitrogen functional groups attached to an aromatic ring is 1. The standard InChI is InChI=1S/C14H16N4OS/c15-14-17-16-12(20-14)10-7-8-3-1-2-4-11(8)18(13(10)19)9-5-6-9/h7,9H,1-6H2,(H2,15,17). The van der Waals surface area contributed by atoms with Gasteiger partial charge >= 0.3 is 0 Å². The largest absolute Gasteiger partial charge is 0.374 e. The smallest absolute Gasteiger partial charge is 0.261 e. The van der Waals surface area contributed by atoms with Gasteiger partial charge in [-0.2, -0.15) is 0 Å². The van der Waals surface area contributed by atoms with Crippen LogP contribution in [0.3, 0.4) is 0 Å². The monoisotopic (exact) mass is 288 g/mol. The van der Waals surface area contributed by atoms with E-state index in [9.17, 15) is 4.79 Å². The predicted molar refractivity (Wildman–Crippen MR) is 78.9 cm³/mol. The van der Waals surface area contributed by atoms with Crippen molar-refractivity contribution < 1.29 is 0 Å². The molecule has 0 aromatic carbocycles. The van der Waals surface area contributed by atoms with Gasteiger partial charge in [-0.3, -0.25) is 4.79 Å². The summed E-state index contributed by atoms with van der Waals surface area (Å²) in [5.74, 6) is 0. The lowest BCUT2D eigenvalue weighted by Gasteiger charge is -2.21. The van der Waals surface area contributed by atoms with Gasteiger partial charge in [0.15, 0.2) is 5.01 Å². The maximum absolute atomic E-state index is 12.8. The van der Waals surface area contributed by atoms with Gasteiger partial charge < -0.3 is 10.3 Å². The summed E-state index contributed by atoms with van der Waals surface area (Å²) < 4.78 is 2.03. The summed E-state index contributed by atoms with van der Waals surface area (Å²) in [6, 6.07) is 2.43. The van der Waals surface area contributed by atoms with Gasteiger partial charge in [0.25, 0.3) is 5.56 Å². The van der Waals surface area contributed by atoms with Gasteiger partial charge in [0.2, 0.25) is 5.13 Å².